The maximum Gasteiger partial charge on any atom is 0.335 e. The van der Waals surface area contributed by atoms with Gasteiger partial charge < -0.3 is 20.5 Å². The van der Waals surface area contributed by atoms with Gasteiger partial charge in [0.1, 0.15) is 5.75 Å². The highest BCUT2D eigenvalue weighted by molar-refractivity contribution is 5.87. The molecule has 3 N–H and O–H groups in total. The van der Waals surface area contributed by atoms with Gasteiger partial charge in [-0.05, 0) is 41.5 Å². The van der Waals surface area contributed by atoms with Crippen LogP contribution in [0, 0.1) is 0 Å². The molecule has 0 fully saturated rings. The number of nitrogens with one attached hydrogen (secondary N) is 2. The third kappa shape index (κ3) is 5.17. The van der Waals surface area contributed by atoms with Gasteiger partial charge in [-0.25, -0.2) is 9.59 Å². The molecule has 0 saturated heterocycles. The minimum absolute atomic E-state index is 0.214. The summed E-state index contributed by atoms with van der Waals surface area (Å²) < 4.78 is 5.07. The fourth-order valence-corrected chi connectivity index (χ4v) is 1.93. The normalized spacial score (nSPS) is 10.4. The van der Waals surface area contributed by atoms with Crippen molar-refractivity contribution in [3.8, 4) is 5.75 Å². The van der Waals surface area contributed by atoms with Gasteiger partial charge >= 0.3 is 12.0 Å². The van der Waals surface area contributed by atoms with E-state index < -0.39 is 5.97 Å². The van der Waals surface area contributed by atoms with E-state index in [1.54, 1.807) is 31.5 Å². The number of carbonyl (C=O) groups excluding carboxylic acids is 1. The molecule has 2 rings (SSSR count). The van der Waals surface area contributed by atoms with Gasteiger partial charge in [-0.3, -0.25) is 0 Å². The van der Waals surface area contributed by atoms with E-state index in [0.717, 1.165) is 16.9 Å². The second-order valence-electron chi connectivity index (χ2n) is 4.94. The number of hydrogen-bond acceptors (Lipinski definition) is 3. The summed E-state index contributed by atoms with van der Waals surface area (Å²) in [6.07, 6.45) is 3.31. The van der Waals surface area contributed by atoms with Gasteiger partial charge in [0.05, 0.1) is 12.7 Å². The molecule has 0 aliphatic heterocycles. The molecule has 0 saturated carbocycles. The van der Waals surface area contributed by atoms with Gasteiger partial charge in [-0.1, -0.05) is 24.3 Å². The lowest BCUT2D eigenvalue weighted by Crippen LogP contribution is -2.31. The predicted molar refractivity (Wildman–Crippen MR) is 90.8 cm³/mol. The van der Waals surface area contributed by atoms with E-state index >= 15 is 0 Å². The molecule has 0 spiro atoms. The molecule has 2 aromatic rings. The Balaban J connectivity index is 1.78. The molecule has 0 aromatic heterocycles. The topological polar surface area (TPSA) is 87.7 Å². The summed E-state index contributed by atoms with van der Waals surface area (Å²) in [5.41, 5.74) is 1.96. The Kier molecular flexibility index (Phi) is 5.96. The average Bonchev–Trinajstić information content (AvgIpc) is 2.61. The molecular formula is C18H18N2O4. The molecule has 0 aliphatic carbocycles. The van der Waals surface area contributed by atoms with Crippen molar-refractivity contribution in [2.24, 2.45) is 0 Å². The van der Waals surface area contributed by atoms with Gasteiger partial charge in [0.25, 0.3) is 0 Å². The second kappa shape index (κ2) is 8.38. The summed E-state index contributed by atoms with van der Waals surface area (Å²) in [6.45, 7) is 0.308. The maximum atomic E-state index is 11.7. The summed E-state index contributed by atoms with van der Waals surface area (Å²) in [4.78, 5) is 22.4. The van der Waals surface area contributed by atoms with Gasteiger partial charge in [-0.15, -0.1) is 0 Å². The monoisotopic (exact) mass is 326 g/mol. The minimum Gasteiger partial charge on any atom is -0.497 e. The number of amides is 2. The first-order valence-electron chi connectivity index (χ1n) is 7.25. The lowest BCUT2D eigenvalue weighted by molar-refractivity contribution is 0.0697. The van der Waals surface area contributed by atoms with Crippen molar-refractivity contribution in [3.05, 3.63) is 71.4 Å². The molecule has 0 unspecified atom stereocenters. The van der Waals surface area contributed by atoms with Crippen molar-refractivity contribution < 1.29 is 19.4 Å². The Morgan fingerprint density at radius 2 is 1.75 bits per heavy atom. The molecule has 0 atom stereocenters. The van der Waals surface area contributed by atoms with Crippen LogP contribution in [0.3, 0.4) is 0 Å². The number of ether oxygens (including phenoxy) is 1. The fourth-order valence-electron chi connectivity index (χ4n) is 1.93. The Labute approximate surface area is 139 Å². The first-order valence-corrected chi connectivity index (χ1v) is 7.25. The third-order valence-electron chi connectivity index (χ3n) is 3.26. The maximum absolute atomic E-state index is 11.7. The predicted octanol–water partition coefficient (Wildman–Crippen LogP) is 2.86. The van der Waals surface area contributed by atoms with Crippen LogP contribution in [0.4, 0.5) is 4.79 Å². The van der Waals surface area contributed by atoms with Gasteiger partial charge in [-0.2, -0.15) is 0 Å². The Morgan fingerprint density at radius 3 is 2.33 bits per heavy atom. The standard InChI is InChI=1S/C18H18N2O4/c1-24-16-8-4-13(5-9-16)10-11-19-18(23)20-12-14-2-6-15(7-3-14)17(21)22/h2-11H,12H2,1H3,(H,21,22)(H2,19,20,23)/b11-10+. The molecule has 24 heavy (non-hydrogen) atoms. The van der Waals surface area contributed by atoms with E-state index in [1.165, 1.54) is 12.1 Å². The Bertz CT molecular complexity index is 722. The number of carbonyl (C=O) groups is 2. The highest BCUT2D eigenvalue weighted by atomic mass is 16.5. The van der Waals surface area contributed by atoms with Crippen molar-refractivity contribution in [3.63, 3.8) is 0 Å². The van der Waals surface area contributed by atoms with Crippen LogP contribution in [0.2, 0.25) is 0 Å². The van der Waals surface area contributed by atoms with Crippen molar-refractivity contribution in [2.45, 2.75) is 6.54 Å². The van der Waals surface area contributed by atoms with E-state index in [9.17, 15) is 9.59 Å². The quantitative estimate of drug-likeness (QED) is 0.762. The zero-order valence-electron chi connectivity index (χ0n) is 13.2. The minimum atomic E-state index is -0.976. The SMILES string of the molecule is COc1ccc(/C=C/NC(=O)NCc2ccc(C(=O)O)cc2)cc1. The van der Waals surface area contributed by atoms with Gasteiger partial charge in [0.15, 0.2) is 0 Å². The van der Waals surface area contributed by atoms with Crippen LogP contribution in [0.25, 0.3) is 6.08 Å². The average molecular weight is 326 g/mol. The Hall–Kier alpha value is -3.28. The van der Waals surface area contributed by atoms with Crippen molar-refractivity contribution in [1.82, 2.24) is 10.6 Å². The Morgan fingerprint density at radius 1 is 1.08 bits per heavy atom. The first-order chi connectivity index (χ1) is 11.6. The summed E-state index contributed by atoms with van der Waals surface area (Å²) in [5.74, 6) is -0.206. The van der Waals surface area contributed by atoms with Crippen molar-refractivity contribution in [2.75, 3.05) is 7.11 Å². The third-order valence-corrected chi connectivity index (χ3v) is 3.26. The molecular weight excluding hydrogens is 308 g/mol. The van der Waals surface area contributed by atoms with E-state index in [2.05, 4.69) is 10.6 Å². The second-order valence-corrected chi connectivity index (χ2v) is 4.94. The van der Waals surface area contributed by atoms with E-state index in [-0.39, 0.29) is 11.6 Å². The van der Waals surface area contributed by atoms with Crippen LogP contribution in [0.1, 0.15) is 21.5 Å². The summed E-state index contributed by atoms with van der Waals surface area (Å²) in [7, 11) is 1.60. The molecule has 2 aromatic carbocycles. The highest BCUT2D eigenvalue weighted by Gasteiger charge is 2.02. The van der Waals surface area contributed by atoms with Crippen LogP contribution in [0.15, 0.2) is 54.7 Å². The number of urea groups is 1. The zero-order valence-corrected chi connectivity index (χ0v) is 13.2. The molecule has 0 aliphatic rings. The summed E-state index contributed by atoms with van der Waals surface area (Å²) >= 11 is 0. The van der Waals surface area contributed by atoms with Gasteiger partial charge in [0.2, 0.25) is 0 Å². The molecule has 0 heterocycles. The van der Waals surface area contributed by atoms with Crippen LogP contribution in [-0.2, 0) is 6.54 Å². The molecule has 6 nitrogen and oxygen atoms in total. The van der Waals surface area contributed by atoms with Crippen molar-refractivity contribution >= 4 is 18.1 Å². The van der Waals surface area contributed by atoms with Crippen LogP contribution in [-0.4, -0.2) is 24.2 Å². The van der Waals surface area contributed by atoms with E-state index in [0.29, 0.717) is 6.54 Å². The zero-order chi connectivity index (χ0) is 17.4. The fraction of sp³-hybridized carbons (Fsp3) is 0.111. The number of rotatable bonds is 6. The molecule has 6 heteroatoms. The van der Waals surface area contributed by atoms with Crippen LogP contribution >= 0.6 is 0 Å². The number of hydrogen-bond donors (Lipinski definition) is 3. The summed E-state index contributed by atoms with van der Waals surface area (Å²) in [5, 5.41) is 14.1. The number of methoxy groups -OCH3 is 1. The lowest BCUT2D eigenvalue weighted by atomic mass is 10.1. The molecule has 124 valence electrons. The highest BCUT2D eigenvalue weighted by Crippen LogP contribution is 2.11. The number of aromatic carboxylic acids is 1. The number of benzene rings is 2. The lowest BCUT2D eigenvalue weighted by Gasteiger charge is -2.05. The molecule has 0 bridgehead atoms. The van der Waals surface area contributed by atoms with Crippen LogP contribution < -0.4 is 15.4 Å². The number of carboxylic acids is 1. The molecule has 2 amide bonds. The largest absolute Gasteiger partial charge is 0.497 e. The van der Waals surface area contributed by atoms with Gasteiger partial charge in [0, 0.05) is 12.7 Å². The van der Waals surface area contributed by atoms with Crippen LogP contribution in [0.5, 0.6) is 5.75 Å². The van der Waals surface area contributed by atoms with E-state index in [4.69, 9.17) is 9.84 Å². The van der Waals surface area contributed by atoms with E-state index in [1.807, 2.05) is 24.3 Å². The number of carboxylic acid groups (broad SMARTS) is 1. The summed E-state index contributed by atoms with van der Waals surface area (Å²) in [6, 6.07) is 13.4. The smallest absolute Gasteiger partial charge is 0.335 e. The van der Waals surface area contributed by atoms with Crippen molar-refractivity contribution in [1.29, 1.82) is 0 Å². The molecule has 0 radical (unpaired) electrons. The first kappa shape index (κ1) is 17.1.